The number of rotatable bonds is 3. The highest BCUT2D eigenvalue weighted by Gasteiger charge is 2.40. The summed E-state index contributed by atoms with van der Waals surface area (Å²) >= 11 is 0. The molecule has 2 unspecified atom stereocenters. The third kappa shape index (κ3) is 3.32. The highest BCUT2D eigenvalue weighted by Crippen LogP contribution is 2.36. The topological polar surface area (TPSA) is 53.0 Å². The molecule has 2 heterocycles. The van der Waals surface area contributed by atoms with Gasteiger partial charge in [0.2, 0.25) is 5.91 Å². The fraction of sp³-hybridized carbons (Fsp3) is 0.550. The van der Waals surface area contributed by atoms with Crippen molar-refractivity contribution in [3.05, 3.63) is 35.9 Å². The van der Waals surface area contributed by atoms with E-state index < -0.39 is 0 Å². The number of carbonyl (C=O) groups is 2. The van der Waals surface area contributed by atoms with Gasteiger partial charge in [-0.15, -0.1) is 0 Å². The van der Waals surface area contributed by atoms with Gasteiger partial charge in [-0.05, 0) is 30.7 Å². The van der Waals surface area contributed by atoms with Crippen LogP contribution in [0.4, 0.5) is 0 Å². The minimum absolute atomic E-state index is 0.00244. The van der Waals surface area contributed by atoms with E-state index in [1.54, 1.807) is 0 Å². The van der Waals surface area contributed by atoms with Crippen LogP contribution in [-0.4, -0.2) is 40.0 Å². The van der Waals surface area contributed by atoms with E-state index in [0.717, 1.165) is 24.9 Å². The summed E-state index contributed by atoms with van der Waals surface area (Å²) in [4.78, 5) is 27.3. The fourth-order valence-corrected chi connectivity index (χ4v) is 4.46. The van der Waals surface area contributed by atoms with E-state index in [-0.39, 0.29) is 11.8 Å². The highest BCUT2D eigenvalue weighted by atomic mass is 16.2. The summed E-state index contributed by atoms with van der Waals surface area (Å²) in [6, 6.07) is 10.2. The zero-order chi connectivity index (χ0) is 17.2. The maximum absolute atomic E-state index is 13.0. The van der Waals surface area contributed by atoms with E-state index in [2.05, 4.69) is 5.10 Å². The number of fused-ring (bicyclic) bond motifs is 1. The largest absolute Gasteiger partial charge is 0.334 e. The molecule has 5 heteroatoms. The summed E-state index contributed by atoms with van der Waals surface area (Å²) in [7, 11) is 0. The second-order valence-electron chi connectivity index (χ2n) is 7.38. The molecule has 4 rings (SSSR count). The normalized spacial score (nSPS) is 26.4. The van der Waals surface area contributed by atoms with E-state index in [4.69, 9.17) is 0 Å². The standard InChI is InChI=1S/C20H25N3O2/c24-19-11-10-17(21-23(19)14-15-6-2-1-3-7-15)20(25)22-13-12-16-8-4-5-9-18(16)22/h1-3,6-7,16,18H,4-5,8-14H2. The van der Waals surface area contributed by atoms with E-state index in [1.165, 1.54) is 24.3 Å². The Morgan fingerprint density at radius 1 is 1.08 bits per heavy atom. The van der Waals surface area contributed by atoms with E-state index in [0.29, 0.717) is 37.1 Å². The van der Waals surface area contributed by atoms with Crippen LogP contribution in [-0.2, 0) is 16.1 Å². The Morgan fingerprint density at radius 2 is 1.88 bits per heavy atom. The molecule has 2 fully saturated rings. The Hall–Kier alpha value is -2.17. The lowest BCUT2D eigenvalue weighted by Crippen LogP contribution is -2.45. The average molecular weight is 339 g/mol. The first kappa shape index (κ1) is 16.3. The van der Waals surface area contributed by atoms with Gasteiger partial charge in [0, 0.05) is 25.4 Å². The smallest absolute Gasteiger partial charge is 0.270 e. The minimum atomic E-state index is -0.00244. The second-order valence-corrected chi connectivity index (χ2v) is 7.38. The fourth-order valence-electron chi connectivity index (χ4n) is 4.46. The van der Waals surface area contributed by atoms with Crippen LogP contribution in [0.1, 0.15) is 50.5 Å². The van der Waals surface area contributed by atoms with Crippen molar-refractivity contribution >= 4 is 17.5 Å². The lowest BCUT2D eigenvalue weighted by Gasteiger charge is -2.33. The van der Waals surface area contributed by atoms with Gasteiger partial charge in [0.25, 0.3) is 5.91 Å². The van der Waals surface area contributed by atoms with Crippen molar-refractivity contribution in [2.45, 2.75) is 57.5 Å². The van der Waals surface area contributed by atoms with Crippen LogP contribution in [0.25, 0.3) is 0 Å². The van der Waals surface area contributed by atoms with E-state index in [1.807, 2.05) is 35.2 Å². The summed E-state index contributed by atoms with van der Waals surface area (Å²) in [5, 5.41) is 5.92. The Kier molecular flexibility index (Phi) is 4.55. The molecular formula is C20H25N3O2. The van der Waals surface area contributed by atoms with Crippen LogP contribution in [0.2, 0.25) is 0 Å². The van der Waals surface area contributed by atoms with Crippen molar-refractivity contribution in [3.63, 3.8) is 0 Å². The SMILES string of the molecule is O=C1CCC(C(=O)N2CCC3CCCCC32)=NN1Cc1ccccc1. The molecule has 1 saturated heterocycles. The summed E-state index contributed by atoms with van der Waals surface area (Å²) in [6.07, 6.45) is 6.85. The third-order valence-corrected chi connectivity index (χ3v) is 5.80. The first-order chi connectivity index (χ1) is 12.2. The Balaban J connectivity index is 1.50. The Bertz CT molecular complexity index is 685. The molecule has 0 spiro atoms. The van der Waals surface area contributed by atoms with Gasteiger partial charge in [-0.3, -0.25) is 9.59 Å². The van der Waals surface area contributed by atoms with Gasteiger partial charge in [0.05, 0.1) is 6.54 Å². The Labute approximate surface area is 148 Å². The van der Waals surface area contributed by atoms with Crippen LogP contribution in [0, 0.1) is 5.92 Å². The van der Waals surface area contributed by atoms with Crippen molar-refractivity contribution in [1.82, 2.24) is 9.91 Å². The number of benzene rings is 1. The van der Waals surface area contributed by atoms with Crippen LogP contribution >= 0.6 is 0 Å². The van der Waals surface area contributed by atoms with Gasteiger partial charge >= 0.3 is 0 Å². The molecule has 1 aliphatic carbocycles. The average Bonchev–Trinajstić information content (AvgIpc) is 3.08. The molecule has 132 valence electrons. The van der Waals surface area contributed by atoms with Gasteiger partial charge in [-0.25, -0.2) is 5.01 Å². The molecule has 0 radical (unpaired) electrons. The number of carbonyl (C=O) groups excluding carboxylic acids is 2. The second kappa shape index (κ2) is 6.98. The molecule has 2 amide bonds. The monoisotopic (exact) mass is 339 g/mol. The van der Waals surface area contributed by atoms with Crippen LogP contribution in [0.3, 0.4) is 0 Å². The molecule has 1 aromatic carbocycles. The number of nitrogens with zero attached hydrogens (tertiary/aromatic N) is 3. The number of likely N-dealkylation sites (tertiary alicyclic amines) is 1. The van der Waals surface area contributed by atoms with Gasteiger partial charge in [0.1, 0.15) is 5.71 Å². The summed E-state index contributed by atoms with van der Waals surface area (Å²) in [5.41, 5.74) is 1.59. The number of hydrogen-bond donors (Lipinski definition) is 0. The molecule has 2 atom stereocenters. The van der Waals surface area contributed by atoms with Crippen molar-refractivity contribution in [1.29, 1.82) is 0 Å². The van der Waals surface area contributed by atoms with Crippen LogP contribution < -0.4 is 0 Å². The first-order valence-corrected chi connectivity index (χ1v) is 9.45. The zero-order valence-electron chi connectivity index (χ0n) is 14.6. The van der Waals surface area contributed by atoms with Crippen molar-refractivity contribution in [2.75, 3.05) is 6.54 Å². The van der Waals surface area contributed by atoms with Crippen molar-refractivity contribution < 1.29 is 9.59 Å². The predicted octanol–water partition coefficient (Wildman–Crippen LogP) is 2.96. The lowest BCUT2D eigenvalue weighted by atomic mass is 9.85. The first-order valence-electron chi connectivity index (χ1n) is 9.45. The number of hydrogen-bond acceptors (Lipinski definition) is 3. The van der Waals surface area contributed by atoms with Crippen LogP contribution in [0.15, 0.2) is 35.4 Å². The predicted molar refractivity (Wildman–Crippen MR) is 95.7 cm³/mol. The molecule has 2 aliphatic heterocycles. The van der Waals surface area contributed by atoms with Gasteiger partial charge in [-0.1, -0.05) is 43.2 Å². The van der Waals surface area contributed by atoms with Gasteiger partial charge < -0.3 is 4.90 Å². The molecule has 1 aromatic rings. The maximum Gasteiger partial charge on any atom is 0.270 e. The molecule has 0 aromatic heterocycles. The molecular weight excluding hydrogens is 314 g/mol. The number of hydrazone groups is 1. The molecule has 1 saturated carbocycles. The van der Waals surface area contributed by atoms with Crippen molar-refractivity contribution in [3.8, 4) is 0 Å². The highest BCUT2D eigenvalue weighted by molar-refractivity contribution is 6.39. The van der Waals surface area contributed by atoms with Gasteiger partial charge in [-0.2, -0.15) is 5.10 Å². The molecule has 5 nitrogen and oxygen atoms in total. The molecule has 25 heavy (non-hydrogen) atoms. The van der Waals surface area contributed by atoms with Crippen molar-refractivity contribution in [2.24, 2.45) is 11.0 Å². The third-order valence-electron chi connectivity index (χ3n) is 5.80. The zero-order valence-corrected chi connectivity index (χ0v) is 14.6. The summed E-state index contributed by atoms with van der Waals surface area (Å²) < 4.78 is 0. The molecule has 0 bridgehead atoms. The number of amides is 2. The minimum Gasteiger partial charge on any atom is -0.334 e. The molecule has 0 N–H and O–H groups in total. The summed E-state index contributed by atoms with van der Waals surface area (Å²) in [5.74, 6) is 0.723. The van der Waals surface area contributed by atoms with E-state index in [9.17, 15) is 9.59 Å². The summed E-state index contributed by atoms with van der Waals surface area (Å²) in [6.45, 7) is 1.28. The molecule has 3 aliphatic rings. The van der Waals surface area contributed by atoms with E-state index >= 15 is 0 Å². The quantitative estimate of drug-likeness (QED) is 0.850. The lowest BCUT2D eigenvalue weighted by molar-refractivity contribution is -0.132. The Morgan fingerprint density at radius 3 is 2.72 bits per heavy atom. The maximum atomic E-state index is 13.0. The van der Waals surface area contributed by atoms with Crippen LogP contribution in [0.5, 0.6) is 0 Å². The van der Waals surface area contributed by atoms with Gasteiger partial charge in [0.15, 0.2) is 0 Å².